The Morgan fingerprint density at radius 3 is 2.19 bits per heavy atom. The predicted molar refractivity (Wildman–Crippen MR) is 93.3 cm³/mol. The maximum absolute atomic E-state index is 11.4. The Hall–Kier alpha value is -1.05. The summed E-state index contributed by atoms with van der Waals surface area (Å²) in [5, 5.41) is 3.05. The summed E-state index contributed by atoms with van der Waals surface area (Å²) >= 11 is 0. The van der Waals surface area contributed by atoms with Crippen LogP contribution in [-0.2, 0) is 4.79 Å². The van der Waals surface area contributed by atoms with Crippen LogP contribution in [0.25, 0.3) is 0 Å². The van der Waals surface area contributed by atoms with Crippen LogP contribution >= 0.6 is 0 Å². The molecule has 0 aromatic heterocycles. The van der Waals surface area contributed by atoms with Crippen LogP contribution in [0.1, 0.15) is 74.1 Å². The van der Waals surface area contributed by atoms with Gasteiger partial charge >= 0.3 is 0 Å². The predicted octanol–water partition coefficient (Wildman–Crippen LogP) is 5.26. The molecule has 2 heteroatoms. The highest BCUT2D eigenvalue weighted by molar-refractivity contribution is 5.73. The SMILES string of the molecule is CC=C(C)CCC(C=CC(C)C(C)(CC)CC)NC(C)=O. The molecule has 0 spiro atoms. The first-order valence-corrected chi connectivity index (χ1v) is 8.36. The average molecular weight is 293 g/mol. The smallest absolute Gasteiger partial charge is 0.217 e. The molecule has 1 N–H and O–H groups in total. The van der Waals surface area contributed by atoms with Gasteiger partial charge in [-0.2, -0.15) is 0 Å². The summed E-state index contributed by atoms with van der Waals surface area (Å²) in [6, 6.07) is 0.137. The first-order valence-electron chi connectivity index (χ1n) is 8.36. The van der Waals surface area contributed by atoms with E-state index in [4.69, 9.17) is 0 Å². The number of hydrogen-bond donors (Lipinski definition) is 1. The molecule has 0 bridgehead atoms. The first kappa shape index (κ1) is 19.9. The highest BCUT2D eigenvalue weighted by Crippen LogP contribution is 2.35. The molecular weight excluding hydrogens is 258 g/mol. The van der Waals surface area contributed by atoms with Crippen molar-refractivity contribution in [2.45, 2.75) is 80.2 Å². The molecule has 2 atom stereocenters. The minimum Gasteiger partial charge on any atom is -0.350 e. The fraction of sp³-hybridized carbons (Fsp3) is 0.737. The number of amides is 1. The Morgan fingerprint density at radius 1 is 1.19 bits per heavy atom. The lowest BCUT2D eigenvalue weighted by molar-refractivity contribution is -0.119. The van der Waals surface area contributed by atoms with Crippen LogP contribution in [0.4, 0.5) is 0 Å². The van der Waals surface area contributed by atoms with E-state index in [0.717, 1.165) is 12.8 Å². The maximum Gasteiger partial charge on any atom is 0.217 e. The van der Waals surface area contributed by atoms with E-state index >= 15 is 0 Å². The number of rotatable bonds is 9. The highest BCUT2D eigenvalue weighted by atomic mass is 16.1. The summed E-state index contributed by atoms with van der Waals surface area (Å²) in [7, 11) is 0. The summed E-state index contributed by atoms with van der Waals surface area (Å²) in [5.74, 6) is 0.566. The van der Waals surface area contributed by atoms with E-state index in [1.54, 1.807) is 6.92 Å². The zero-order valence-corrected chi connectivity index (χ0v) is 15.1. The second-order valence-electron chi connectivity index (χ2n) is 6.52. The van der Waals surface area contributed by atoms with Crippen molar-refractivity contribution in [1.29, 1.82) is 0 Å². The minimum absolute atomic E-state index is 0.0455. The molecule has 0 rings (SSSR count). The third-order valence-electron chi connectivity index (χ3n) is 5.08. The molecule has 0 heterocycles. The van der Waals surface area contributed by atoms with Crippen molar-refractivity contribution >= 4 is 5.91 Å². The van der Waals surface area contributed by atoms with Gasteiger partial charge < -0.3 is 5.32 Å². The van der Waals surface area contributed by atoms with E-state index < -0.39 is 0 Å². The Kier molecular flexibility index (Phi) is 9.32. The third-order valence-corrected chi connectivity index (χ3v) is 5.08. The molecule has 21 heavy (non-hydrogen) atoms. The van der Waals surface area contributed by atoms with Crippen LogP contribution in [0, 0.1) is 11.3 Å². The largest absolute Gasteiger partial charge is 0.350 e. The van der Waals surface area contributed by atoms with Gasteiger partial charge in [0.2, 0.25) is 5.91 Å². The molecule has 2 unspecified atom stereocenters. The van der Waals surface area contributed by atoms with Gasteiger partial charge in [0, 0.05) is 13.0 Å². The number of nitrogens with one attached hydrogen (secondary N) is 1. The van der Waals surface area contributed by atoms with Gasteiger partial charge in [0.15, 0.2) is 0 Å². The van der Waals surface area contributed by atoms with E-state index in [9.17, 15) is 4.79 Å². The third kappa shape index (κ3) is 7.50. The van der Waals surface area contributed by atoms with Crippen molar-refractivity contribution in [3.63, 3.8) is 0 Å². The van der Waals surface area contributed by atoms with Crippen molar-refractivity contribution in [2.24, 2.45) is 11.3 Å². The van der Waals surface area contributed by atoms with Gasteiger partial charge in [-0.05, 0) is 38.0 Å². The Bertz CT molecular complexity index is 364. The van der Waals surface area contributed by atoms with Crippen molar-refractivity contribution in [3.05, 3.63) is 23.8 Å². The maximum atomic E-state index is 11.4. The fourth-order valence-electron chi connectivity index (χ4n) is 2.43. The number of carbonyl (C=O) groups excluding carboxylic acids is 1. The van der Waals surface area contributed by atoms with Gasteiger partial charge in [-0.25, -0.2) is 0 Å². The van der Waals surface area contributed by atoms with Gasteiger partial charge in [-0.1, -0.05) is 64.3 Å². The lowest BCUT2D eigenvalue weighted by Gasteiger charge is -2.32. The van der Waals surface area contributed by atoms with Crippen LogP contribution < -0.4 is 5.32 Å². The highest BCUT2D eigenvalue weighted by Gasteiger charge is 2.25. The summed E-state index contributed by atoms with van der Waals surface area (Å²) in [6.07, 6.45) is 11.0. The number of carbonyl (C=O) groups is 1. The summed E-state index contributed by atoms with van der Waals surface area (Å²) < 4.78 is 0. The van der Waals surface area contributed by atoms with Crippen molar-refractivity contribution in [1.82, 2.24) is 5.32 Å². The molecule has 0 saturated heterocycles. The fourth-order valence-corrected chi connectivity index (χ4v) is 2.43. The van der Waals surface area contributed by atoms with Crippen molar-refractivity contribution in [2.75, 3.05) is 0 Å². The average Bonchev–Trinajstić information content (AvgIpc) is 2.47. The molecule has 2 nitrogen and oxygen atoms in total. The zero-order valence-electron chi connectivity index (χ0n) is 15.1. The molecule has 0 aliphatic heterocycles. The van der Waals surface area contributed by atoms with E-state index in [1.165, 1.54) is 18.4 Å². The molecule has 1 amide bonds. The van der Waals surface area contributed by atoms with Gasteiger partial charge in [0.1, 0.15) is 0 Å². The summed E-state index contributed by atoms with van der Waals surface area (Å²) in [6.45, 7) is 14.9. The molecule has 0 fully saturated rings. The first-order chi connectivity index (χ1) is 9.78. The molecular formula is C19H35NO. The number of hydrogen-bond acceptors (Lipinski definition) is 1. The monoisotopic (exact) mass is 293 g/mol. The van der Waals surface area contributed by atoms with Crippen LogP contribution in [0.15, 0.2) is 23.8 Å². The number of allylic oxidation sites excluding steroid dienone is 3. The standard InChI is InChI=1S/C19H35NO/c1-8-15(4)11-13-18(20-17(6)21)14-12-16(5)19(7,9-2)10-3/h8,12,14,16,18H,9-11,13H2,1-7H3,(H,20,21). The van der Waals surface area contributed by atoms with Gasteiger partial charge in [-0.15, -0.1) is 0 Å². The molecule has 0 saturated carbocycles. The molecule has 0 radical (unpaired) electrons. The van der Waals surface area contributed by atoms with Gasteiger partial charge in [0.05, 0.1) is 0 Å². The van der Waals surface area contributed by atoms with E-state index in [1.807, 2.05) is 0 Å². The lowest BCUT2D eigenvalue weighted by atomic mass is 9.73. The second-order valence-corrected chi connectivity index (χ2v) is 6.52. The molecule has 122 valence electrons. The van der Waals surface area contributed by atoms with E-state index in [2.05, 4.69) is 65.1 Å². The topological polar surface area (TPSA) is 29.1 Å². The van der Waals surface area contributed by atoms with Crippen LogP contribution in [0.3, 0.4) is 0 Å². The quantitative estimate of drug-likeness (QED) is 0.577. The molecule has 0 aromatic rings. The molecule has 0 aliphatic rings. The Balaban J connectivity index is 4.78. The summed E-state index contributed by atoms with van der Waals surface area (Å²) in [5.41, 5.74) is 1.72. The van der Waals surface area contributed by atoms with E-state index in [0.29, 0.717) is 11.3 Å². The van der Waals surface area contributed by atoms with Crippen LogP contribution in [-0.4, -0.2) is 11.9 Å². The Morgan fingerprint density at radius 2 is 1.76 bits per heavy atom. The van der Waals surface area contributed by atoms with Crippen LogP contribution in [0.5, 0.6) is 0 Å². The minimum atomic E-state index is 0.0455. The van der Waals surface area contributed by atoms with Gasteiger partial charge in [-0.3, -0.25) is 4.79 Å². The van der Waals surface area contributed by atoms with E-state index in [-0.39, 0.29) is 11.9 Å². The van der Waals surface area contributed by atoms with Crippen LogP contribution in [0.2, 0.25) is 0 Å². The normalized spacial score (nSPS) is 16.0. The van der Waals surface area contributed by atoms with Crippen molar-refractivity contribution < 1.29 is 4.79 Å². The molecule has 0 aromatic carbocycles. The molecule has 0 aliphatic carbocycles. The second kappa shape index (κ2) is 9.81. The lowest BCUT2D eigenvalue weighted by Crippen LogP contribution is -2.32. The zero-order chi connectivity index (χ0) is 16.5. The van der Waals surface area contributed by atoms with Gasteiger partial charge in [0.25, 0.3) is 0 Å². The van der Waals surface area contributed by atoms with Crippen molar-refractivity contribution in [3.8, 4) is 0 Å². The Labute approximate surface area is 132 Å². The summed E-state index contributed by atoms with van der Waals surface area (Å²) in [4.78, 5) is 11.4.